The van der Waals surface area contributed by atoms with Crippen molar-refractivity contribution in [2.75, 3.05) is 7.11 Å². The van der Waals surface area contributed by atoms with Crippen molar-refractivity contribution < 1.29 is 14.3 Å². The van der Waals surface area contributed by atoms with Gasteiger partial charge in [0.15, 0.2) is 0 Å². The van der Waals surface area contributed by atoms with Crippen LogP contribution in [-0.2, 0) is 24.4 Å². The minimum Gasteiger partial charge on any atom is -0.496 e. The van der Waals surface area contributed by atoms with E-state index in [9.17, 15) is 4.79 Å². The van der Waals surface area contributed by atoms with Crippen LogP contribution < -0.4 is 4.74 Å². The monoisotopic (exact) mass is 407 g/mol. The Balaban J connectivity index is 1.65. The number of nitrogens with zero attached hydrogens (tertiary/aromatic N) is 3. The third kappa shape index (κ3) is 4.15. The average molecular weight is 408 g/mol. The van der Waals surface area contributed by atoms with E-state index in [2.05, 4.69) is 21.0 Å². The molecule has 0 unspecified atom stereocenters. The Hall–Kier alpha value is -2.02. The van der Waals surface area contributed by atoms with Gasteiger partial charge in [-0.2, -0.15) is 5.10 Å². The SMILES string of the molecule is COc1ccc(Cn2cc3c(n2)CN(C(=O)OC(C)(C)C)C3)cc1Br. The van der Waals surface area contributed by atoms with Gasteiger partial charge in [0.2, 0.25) is 0 Å². The zero-order chi connectivity index (χ0) is 18.2. The number of carbonyl (C=O) groups excluding carboxylic acids is 1. The van der Waals surface area contributed by atoms with Gasteiger partial charge in [0.05, 0.1) is 36.9 Å². The van der Waals surface area contributed by atoms with Crippen molar-refractivity contribution in [2.24, 2.45) is 0 Å². The molecule has 1 amide bonds. The lowest BCUT2D eigenvalue weighted by molar-refractivity contribution is 0.0239. The maximum atomic E-state index is 12.2. The Morgan fingerprint density at radius 3 is 2.68 bits per heavy atom. The summed E-state index contributed by atoms with van der Waals surface area (Å²) in [6.45, 7) is 7.30. The summed E-state index contributed by atoms with van der Waals surface area (Å²) < 4.78 is 13.5. The van der Waals surface area contributed by atoms with Gasteiger partial charge in [0.25, 0.3) is 0 Å². The summed E-state index contributed by atoms with van der Waals surface area (Å²) >= 11 is 3.50. The van der Waals surface area contributed by atoms with E-state index >= 15 is 0 Å². The first-order chi connectivity index (χ1) is 11.7. The molecular formula is C18H22BrN3O3. The smallest absolute Gasteiger partial charge is 0.410 e. The second-order valence-electron chi connectivity index (χ2n) is 7.10. The highest BCUT2D eigenvalue weighted by Crippen LogP contribution is 2.27. The highest BCUT2D eigenvalue weighted by Gasteiger charge is 2.29. The molecular weight excluding hydrogens is 386 g/mol. The van der Waals surface area contributed by atoms with E-state index in [1.54, 1.807) is 12.0 Å². The van der Waals surface area contributed by atoms with Crippen LogP contribution in [0.3, 0.4) is 0 Å². The van der Waals surface area contributed by atoms with Crippen LogP contribution in [0, 0.1) is 0 Å². The molecule has 0 atom stereocenters. The first-order valence-electron chi connectivity index (χ1n) is 8.11. The second kappa shape index (κ2) is 6.71. The van der Waals surface area contributed by atoms with E-state index < -0.39 is 5.60 Å². The Labute approximate surface area is 155 Å². The molecule has 1 aromatic heterocycles. The number of rotatable bonds is 3. The van der Waals surface area contributed by atoms with Crippen LogP contribution in [-0.4, -0.2) is 33.5 Å². The Morgan fingerprint density at radius 2 is 2.08 bits per heavy atom. The van der Waals surface area contributed by atoms with Crippen molar-refractivity contribution in [1.82, 2.24) is 14.7 Å². The van der Waals surface area contributed by atoms with Gasteiger partial charge in [-0.3, -0.25) is 9.58 Å². The molecule has 0 bridgehead atoms. The summed E-state index contributed by atoms with van der Waals surface area (Å²) in [5.41, 5.74) is 2.63. The number of ether oxygens (including phenoxy) is 2. The number of methoxy groups -OCH3 is 1. The van der Waals surface area contributed by atoms with Gasteiger partial charge in [0.1, 0.15) is 11.4 Å². The lowest BCUT2D eigenvalue weighted by Crippen LogP contribution is -2.33. The molecule has 0 radical (unpaired) electrons. The van der Waals surface area contributed by atoms with Crippen LogP contribution in [0.25, 0.3) is 0 Å². The summed E-state index contributed by atoms with van der Waals surface area (Å²) in [6, 6.07) is 5.98. The quantitative estimate of drug-likeness (QED) is 0.772. The maximum absolute atomic E-state index is 12.2. The molecule has 134 valence electrons. The Morgan fingerprint density at radius 1 is 1.32 bits per heavy atom. The molecule has 0 saturated heterocycles. The number of hydrogen-bond donors (Lipinski definition) is 0. The van der Waals surface area contributed by atoms with Gasteiger partial charge >= 0.3 is 6.09 Å². The largest absolute Gasteiger partial charge is 0.496 e. The molecule has 7 heteroatoms. The van der Waals surface area contributed by atoms with Crippen molar-refractivity contribution in [1.29, 1.82) is 0 Å². The highest BCUT2D eigenvalue weighted by atomic mass is 79.9. The van der Waals surface area contributed by atoms with Gasteiger partial charge in [0, 0.05) is 11.8 Å². The van der Waals surface area contributed by atoms with E-state index in [0.717, 1.165) is 27.0 Å². The fraction of sp³-hybridized carbons (Fsp3) is 0.444. The van der Waals surface area contributed by atoms with E-state index in [-0.39, 0.29) is 6.09 Å². The number of halogens is 1. The average Bonchev–Trinajstić information content (AvgIpc) is 3.04. The van der Waals surface area contributed by atoms with Crippen LogP contribution in [0.15, 0.2) is 28.9 Å². The van der Waals surface area contributed by atoms with Crippen LogP contribution in [0.4, 0.5) is 4.79 Å². The molecule has 1 aromatic carbocycles. The molecule has 6 nitrogen and oxygen atoms in total. The molecule has 1 aliphatic heterocycles. The Kier molecular flexibility index (Phi) is 4.77. The van der Waals surface area contributed by atoms with Gasteiger partial charge in [-0.1, -0.05) is 6.07 Å². The molecule has 2 aromatic rings. The van der Waals surface area contributed by atoms with Crippen LogP contribution >= 0.6 is 15.9 Å². The van der Waals surface area contributed by atoms with Crippen molar-refractivity contribution in [2.45, 2.75) is 46.0 Å². The number of hydrogen-bond acceptors (Lipinski definition) is 4. The minimum atomic E-state index is -0.487. The van der Waals surface area contributed by atoms with Crippen molar-refractivity contribution in [3.8, 4) is 5.75 Å². The lowest BCUT2D eigenvalue weighted by Gasteiger charge is -2.24. The maximum Gasteiger partial charge on any atom is 0.410 e. The predicted molar refractivity (Wildman–Crippen MR) is 97.5 cm³/mol. The van der Waals surface area contributed by atoms with Crippen molar-refractivity contribution in [3.05, 3.63) is 45.7 Å². The van der Waals surface area contributed by atoms with E-state index in [0.29, 0.717) is 19.6 Å². The van der Waals surface area contributed by atoms with Crippen LogP contribution in [0.5, 0.6) is 5.75 Å². The Bertz CT molecular complexity index is 772. The van der Waals surface area contributed by atoms with Gasteiger partial charge < -0.3 is 9.47 Å². The fourth-order valence-corrected chi connectivity index (χ4v) is 3.33. The number of benzene rings is 1. The summed E-state index contributed by atoms with van der Waals surface area (Å²) in [7, 11) is 1.65. The molecule has 0 saturated carbocycles. The summed E-state index contributed by atoms with van der Waals surface area (Å²) in [5, 5.41) is 4.61. The number of aromatic nitrogens is 2. The topological polar surface area (TPSA) is 56.6 Å². The molecule has 25 heavy (non-hydrogen) atoms. The molecule has 0 spiro atoms. The third-order valence-electron chi connectivity index (χ3n) is 3.84. The molecule has 1 aliphatic rings. The minimum absolute atomic E-state index is 0.295. The normalized spacial score (nSPS) is 13.7. The van der Waals surface area contributed by atoms with E-state index in [1.165, 1.54) is 0 Å². The first-order valence-corrected chi connectivity index (χ1v) is 8.90. The van der Waals surface area contributed by atoms with Crippen LogP contribution in [0.2, 0.25) is 0 Å². The molecule has 3 rings (SSSR count). The highest BCUT2D eigenvalue weighted by molar-refractivity contribution is 9.10. The number of amides is 1. The second-order valence-corrected chi connectivity index (χ2v) is 7.96. The predicted octanol–water partition coefficient (Wildman–Crippen LogP) is 3.95. The summed E-state index contributed by atoms with van der Waals surface area (Å²) in [5.74, 6) is 0.805. The first kappa shape index (κ1) is 17.8. The zero-order valence-electron chi connectivity index (χ0n) is 14.9. The van der Waals surface area contributed by atoms with Crippen molar-refractivity contribution >= 4 is 22.0 Å². The van der Waals surface area contributed by atoms with Gasteiger partial charge in [-0.25, -0.2) is 4.79 Å². The lowest BCUT2D eigenvalue weighted by atomic mass is 10.2. The summed E-state index contributed by atoms with van der Waals surface area (Å²) in [6.07, 6.45) is 1.70. The standard InChI is InChI=1S/C18H22BrN3O3/c1-18(2,3)25-17(23)21-9-13-10-22(20-15(13)11-21)8-12-5-6-16(24-4)14(19)7-12/h5-7,10H,8-9,11H2,1-4H3. The van der Waals surface area contributed by atoms with Gasteiger partial charge in [-0.15, -0.1) is 0 Å². The van der Waals surface area contributed by atoms with E-state index in [4.69, 9.17) is 9.47 Å². The van der Waals surface area contributed by atoms with Gasteiger partial charge in [-0.05, 0) is 54.4 Å². The zero-order valence-corrected chi connectivity index (χ0v) is 16.5. The molecule has 0 aliphatic carbocycles. The van der Waals surface area contributed by atoms with E-state index in [1.807, 2.05) is 49.8 Å². The molecule has 0 fully saturated rings. The third-order valence-corrected chi connectivity index (χ3v) is 4.46. The molecule has 2 heterocycles. The van der Waals surface area contributed by atoms with Crippen LogP contribution in [0.1, 0.15) is 37.6 Å². The fourth-order valence-electron chi connectivity index (χ4n) is 2.74. The number of fused-ring (bicyclic) bond motifs is 1. The number of carbonyl (C=O) groups is 1. The molecule has 0 N–H and O–H groups in total. The van der Waals surface area contributed by atoms with Crippen molar-refractivity contribution in [3.63, 3.8) is 0 Å². The summed E-state index contributed by atoms with van der Waals surface area (Å²) in [4.78, 5) is 13.8.